The van der Waals surface area contributed by atoms with Gasteiger partial charge in [0.05, 0.1) is 14.8 Å². The number of hydrogen-bond donors (Lipinski definition) is 5. The molecule has 2 heterocycles. The van der Waals surface area contributed by atoms with Gasteiger partial charge in [0.25, 0.3) is 11.6 Å². The zero-order valence-corrected chi connectivity index (χ0v) is 20.9. The number of hydrogen-bond acceptors (Lipinski definition) is 7. The number of rotatable bonds is 11. The van der Waals surface area contributed by atoms with Gasteiger partial charge in [0.1, 0.15) is 12.1 Å². The Hall–Kier alpha value is -4.59. The third kappa shape index (κ3) is 5.54. The zero-order valence-electron chi connectivity index (χ0n) is 20.1. The van der Waals surface area contributed by atoms with Crippen molar-refractivity contribution < 1.29 is 19.3 Å². The van der Waals surface area contributed by atoms with Crippen molar-refractivity contribution in [3.63, 3.8) is 0 Å². The molecule has 198 valence electrons. The number of urea groups is 1. The molecule has 0 bridgehead atoms. The van der Waals surface area contributed by atoms with Gasteiger partial charge in [-0.25, -0.2) is 9.69 Å². The Morgan fingerprint density at radius 3 is 2.55 bits per heavy atom. The fraction of sp³-hybridized carbons (Fsp3) is 0.250. The van der Waals surface area contributed by atoms with Gasteiger partial charge in [-0.15, -0.1) is 0 Å². The summed E-state index contributed by atoms with van der Waals surface area (Å²) >= 11 is 1.12. The first-order chi connectivity index (χ1) is 18.2. The minimum absolute atomic E-state index is 0.0737. The Morgan fingerprint density at radius 2 is 1.84 bits per heavy atom. The van der Waals surface area contributed by atoms with Gasteiger partial charge in [0.2, 0.25) is 5.91 Å². The number of nitrogens with zero attached hydrogens (tertiary/aromatic N) is 3. The molecule has 0 saturated carbocycles. The van der Waals surface area contributed by atoms with Crippen molar-refractivity contribution in [2.24, 2.45) is 22.2 Å². The maximum Gasteiger partial charge on any atom is 0.325 e. The van der Waals surface area contributed by atoms with E-state index >= 15 is 0 Å². The van der Waals surface area contributed by atoms with Crippen LogP contribution in [0, 0.1) is 10.1 Å². The predicted molar refractivity (Wildman–Crippen MR) is 141 cm³/mol. The Labute approximate surface area is 221 Å². The topological polar surface area (TPSA) is 216 Å². The number of benzene rings is 2. The van der Waals surface area contributed by atoms with Gasteiger partial charge in [0, 0.05) is 29.9 Å². The third-order valence-corrected chi connectivity index (χ3v) is 7.20. The number of nitro benzene ring substituents is 1. The van der Waals surface area contributed by atoms with Crippen molar-refractivity contribution in [3.05, 3.63) is 64.2 Å². The van der Waals surface area contributed by atoms with E-state index in [1.807, 2.05) is 18.2 Å². The number of primary amides is 1. The largest absolute Gasteiger partial charge is 0.370 e. The summed E-state index contributed by atoms with van der Waals surface area (Å²) in [4.78, 5) is 58.0. The number of nitrogens with two attached hydrogens (primary N) is 3. The van der Waals surface area contributed by atoms with E-state index in [1.165, 1.54) is 6.07 Å². The Bertz CT molecular complexity index is 1430. The molecule has 1 aromatic heterocycles. The minimum Gasteiger partial charge on any atom is -0.370 e. The number of aliphatic imine (C=N–C) groups is 1. The Balaban J connectivity index is 1.64. The molecule has 4 amide bonds. The number of guanidine groups is 1. The molecule has 1 saturated heterocycles. The number of nitrogens with one attached hydrogen (secondary N) is 2. The van der Waals surface area contributed by atoms with Crippen LogP contribution in [0.3, 0.4) is 0 Å². The summed E-state index contributed by atoms with van der Waals surface area (Å²) in [5, 5.41) is 15.4. The molecule has 2 aromatic carbocycles. The first kappa shape index (κ1) is 26.5. The molecule has 13 nitrogen and oxygen atoms in total. The van der Waals surface area contributed by atoms with Crippen molar-refractivity contribution in [1.82, 2.24) is 15.2 Å². The number of aromatic nitrogens is 1. The quantitative estimate of drug-likeness (QED) is 0.0601. The van der Waals surface area contributed by atoms with Crippen molar-refractivity contribution in [3.8, 4) is 0 Å². The first-order valence-electron chi connectivity index (χ1n) is 11.7. The fourth-order valence-electron chi connectivity index (χ4n) is 4.32. The summed E-state index contributed by atoms with van der Waals surface area (Å²) in [7, 11) is 0. The summed E-state index contributed by atoms with van der Waals surface area (Å²) < 4.78 is 0. The number of para-hydroxylation sites is 2. The zero-order chi connectivity index (χ0) is 27.4. The number of carbonyl (C=O) groups is 3. The molecular weight excluding hydrogens is 512 g/mol. The smallest absolute Gasteiger partial charge is 0.325 e. The van der Waals surface area contributed by atoms with Gasteiger partial charge in [-0.05, 0) is 30.5 Å². The molecule has 2 atom stereocenters. The van der Waals surface area contributed by atoms with Crippen LogP contribution in [0.4, 0.5) is 10.5 Å². The average Bonchev–Trinajstić information content (AvgIpc) is 3.35. The van der Waals surface area contributed by atoms with E-state index in [2.05, 4.69) is 15.3 Å². The molecule has 1 aliphatic heterocycles. The predicted octanol–water partition coefficient (Wildman–Crippen LogP) is 1.60. The monoisotopic (exact) mass is 538 g/mol. The molecule has 38 heavy (non-hydrogen) atoms. The van der Waals surface area contributed by atoms with Crippen molar-refractivity contribution in [2.45, 2.75) is 41.3 Å². The summed E-state index contributed by atoms with van der Waals surface area (Å²) in [6, 6.07) is 10.7. The van der Waals surface area contributed by atoms with E-state index in [0.29, 0.717) is 21.9 Å². The Morgan fingerprint density at radius 1 is 1.13 bits per heavy atom. The molecule has 0 spiro atoms. The number of aromatic amines is 1. The van der Waals surface area contributed by atoms with E-state index < -0.39 is 34.9 Å². The molecule has 8 N–H and O–H groups in total. The van der Waals surface area contributed by atoms with Crippen LogP contribution >= 0.6 is 11.8 Å². The SMILES string of the molecule is NC(=O)[C@H](Cc1c(Sc2ccccc2[N+](=O)[O-])[nH]c2ccccc12)N1C(=O)N[C@@H](CCCN=C(N)N)C1=O. The van der Waals surface area contributed by atoms with Crippen LogP contribution in [-0.2, 0) is 16.0 Å². The highest BCUT2D eigenvalue weighted by atomic mass is 32.2. The van der Waals surface area contributed by atoms with Crippen molar-refractivity contribution >= 4 is 52.2 Å². The van der Waals surface area contributed by atoms with E-state index in [0.717, 1.165) is 27.6 Å². The van der Waals surface area contributed by atoms with Crippen LogP contribution in [0.1, 0.15) is 18.4 Å². The molecule has 1 fully saturated rings. The summed E-state index contributed by atoms with van der Waals surface area (Å²) in [5.74, 6) is -1.51. The second-order valence-electron chi connectivity index (χ2n) is 8.59. The van der Waals surface area contributed by atoms with Crippen LogP contribution in [0.25, 0.3) is 10.9 Å². The molecule has 0 unspecified atom stereocenters. The first-order valence-corrected chi connectivity index (χ1v) is 12.5. The lowest BCUT2D eigenvalue weighted by atomic mass is 10.0. The second-order valence-corrected chi connectivity index (χ2v) is 9.64. The van der Waals surface area contributed by atoms with E-state index in [4.69, 9.17) is 17.2 Å². The van der Waals surface area contributed by atoms with Crippen LogP contribution in [0.5, 0.6) is 0 Å². The van der Waals surface area contributed by atoms with Gasteiger partial charge in [-0.1, -0.05) is 42.1 Å². The van der Waals surface area contributed by atoms with Crippen molar-refractivity contribution in [2.75, 3.05) is 6.54 Å². The lowest BCUT2D eigenvalue weighted by Gasteiger charge is -2.23. The maximum atomic E-state index is 13.1. The number of fused-ring (bicyclic) bond motifs is 1. The number of H-pyrrole nitrogens is 1. The lowest BCUT2D eigenvalue weighted by Crippen LogP contribution is -2.49. The van der Waals surface area contributed by atoms with Gasteiger partial charge < -0.3 is 27.5 Å². The normalized spacial score (nSPS) is 15.9. The maximum absolute atomic E-state index is 13.1. The minimum atomic E-state index is -1.28. The molecular formula is C24H26N8O5S. The average molecular weight is 539 g/mol. The second kappa shape index (κ2) is 11.2. The highest BCUT2D eigenvalue weighted by Gasteiger charge is 2.44. The summed E-state index contributed by atoms with van der Waals surface area (Å²) in [6.07, 6.45) is 0.625. The molecule has 3 aromatic rings. The molecule has 4 rings (SSSR count). The Kier molecular flexibility index (Phi) is 7.81. The van der Waals surface area contributed by atoms with Crippen molar-refractivity contribution in [1.29, 1.82) is 0 Å². The number of amides is 4. The van der Waals surface area contributed by atoms with E-state index in [9.17, 15) is 24.5 Å². The summed E-state index contributed by atoms with van der Waals surface area (Å²) in [5.41, 5.74) is 17.6. The van der Waals surface area contributed by atoms with E-state index in [1.54, 1.807) is 24.3 Å². The van der Waals surface area contributed by atoms with Crippen LogP contribution < -0.4 is 22.5 Å². The number of carbonyl (C=O) groups excluding carboxylic acids is 3. The van der Waals surface area contributed by atoms with Gasteiger partial charge in [-0.3, -0.25) is 24.7 Å². The highest BCUT2D eigenvalue weighted by molar-refractivity contribution is 7.99. The highest BCUT2D eigenvalue weighted by Crippen LogP contribution is 2.39. The molecule has 14 heteroatoms. The number of nitro groups is 1. The standard InChI is InChI=1S/C24H26N8O5S/c25-20(33)18(31-22(34)16(30-24(31)35)8-5-11-28-23(26)27)12-14-13-6-1-2-7-15(13)29-21(14)38-19-10-4-3-9-17(19)32(36)37/h1-4,6-7,9-10,16,18,29H,5,8,11-12H2,(H2,25,33)(H,30,35)(H4,26,27,28)/t16-,18-/m0/s1. The van der Waals surface area contributed by atoms with Gasteiger partial charge in [-0.2, -0.15) is 0 Å². The van der Waals surface area contributed by atoms with E-state index in [-0.39, 0.29) is 31.0 Å². The van der Waals surface area contributed by atoms with Crippen LogP contribution in [0.2, 0.25) is 0 Å². The molecule has 0 radical (unpaired) electrons. The third-order valence-electron chi connectivity index (χ3n) is 6.08. The summed E-state index contributed by atoms with van der Waals surface area (Å²) in [6.45, 7) is 0.281. The van der Waals surface area contributed by atoms with Gasteiger partial charge in [0.15, 0.2) is 5.96 Å². The van der Waals surface area contributed by atoms with Crippen LogP contribution in [0.15, 0.2) is 63.4 Å². The molecule has 0 aliphatic carbocycles. The number of imide groups is 1. The lowest BCUT2D eigenvalue weighted by molar-refractivity contribution is -0.387. The fourth-order valence-corrected chi connectivity index (χ4v) is 5.42. The van der Waals surface area contributed by atoms with Crippen LogP contribution in [-0.4, -0.2) is 57.2 Å². The molecule has 1 aliphatic rings. The van der Waals surface area contributed by atoms with Gasteiger partial charge >= 0.3 is 6.03 Å².